The van der Waals surface area contributed by atoms with Crippen molar-refractivity contribution in [1.29, 1.82) is 0 Å². The molecule has 0 saturated carbocycles. The minimum absolute atomic E-state index is 0.142. The molecule has 7 heteroatoms. The Balaban J connectivity index is 2.70. The van der Waals surface area contributed by atoms with Gasteiger partial charge in [0.1, 0.15) is 6.04 Å². The van der Waals surface area contributed by atoms with E-state index in [-0.39, 0.29) is 28.3 Å². The Morgan fingerprint density at radius 1 is 1.25 bits per heavy atom. The standard InChI is InChI=1S/C13H16Cl2N2O3/c1-7(6-18)16-12(19)8(2)17-13(20)9-4-3-5-10(14)11(9)15/h3-5,7-8,18H,6H2,1-2H3,(H,16,19)(H,17,20). The van der Waals surface area contributed by atoms with Gasteiger partial charge in [0.05, 0.1) is 22.2 Å². The summed E-state index contributed by atoms with van der Waals surface area (Å²) in [5.74, 6) is -0.880. The molecule has 2 atom stereocenters. The molecule has 0 aromatic heterocycles. The smallest absolute Gasteiger partial charge is 0.253 e. The maximum Gasteiger partial charge on any atom is 0.253 e. The largest absolute Gasteiger partial charge is 0.394 e. The number of hydrogen-bond acceptors (Lipinski definition) is 3. The highest BCUT2D eigenvalue weighted by Gasteiger charge is 2.19. The van der Waals surface area contributed by atoms with Crippen LogP contribution in [0.5, 0.6) is 0 Å². The Morgan fingerprint density at radius 2 is 1.90 bits per heavy atom. The Kier molecular flexibility index (Phi) is 6.26. The highest BCUT2D eigenvalue weighted by Crippen LogP contribution is 2.25. The lowest BCUT2D eigenvalue weighted by atomic mass is 10.2. The first-order chi connectivity index (χ1) is 9.36. The van der Waals surface area contributed by atoms with E-state index in [1.54, 1.807) is 19.1 Å². The van der Waals surface area contributed by atoms with Gasteiger partial charge >= 0.3 is 0 Å². The molecule has 110 valence electrons. The first kappa shape index (κ1) is 16.8. The van der Waals surface area contributed by atoms with Gasteiger partial charge in [-0.3, -0.25) is 9.59 Å². The van der Waals surface area contributed by atoms with E-state index in [0.717, 1.165) is 0 Å². The molecule has 0 heterocycles. The quantitative estimate of drug-likeness (QED) is 0.771. The molecule has 0 radical (unpaired) electrons. The number of nitrogens with one attached hydrogen (secondary N) is 2. The maximum absolute atomic E-state index is 12.0. The van der Waals surface area contributed by atoms with Crippen LogP contribution >= 0.6 is 23.2 Å². The first-order valence-electron chi connectivity index (χ1n) is 6.03. The van der Waals surface area contributed by atoms with Crippen LogP contribution < -0.4 is 10.6 Å². The van der Waals surface area contributed by atoms with Crippen LogP contribution in [0, 0.1) is 0 Å². The predicted molar refractivity (Wildman–Crippen MR) is 78.1 cm³/mol. The van der Waals surface area contributed by atoms with Crippen molar-refractivity contribution in [3.8, 4) is 0 Å². The van der Waals surface area contributed by atoms with Crippen molar-refractivity contribution in [3.05, 3.63) is 33.8 Å². The van der Waals surface area contributed by atoms with Crippen LogP contribution in [0.1, 0.15) is 24.2 Å². The molecular formula is C13H16Cl2N2O3. The van der Waals surface area contributed by atoms with Crippen molar-refractivity contribution in [2.45, 2.75) is 25.9 Å². The van der Waals surface area contributed by atoms with Crippen molar-refractivity contribution in [2.24, 2.45) is 0 Å². The SMILES string of the molecule is CC(CO)NC(=O)C(C)NC(=O)c1cccc(Cl)c1Cl. The summed E-state index contributed by atoms with van der Waals surface area (Å²) in [6.45, 7) is 3.02. The van der Waals surface area contributed by atoms with E-state index in [1.807, 2.05) is 0 Å². The number of benzene rings is 1. The molecule has 1 aromatic carbocycles. The molecule has 0 bridgehead atoms. The fraction of sp³-hybridized carbons (Fsp3) is 0.385. The zero-order chi connectivity index (χ0) is 15.3. The molecule has 0 spiro atoms. The third-order valence-electron chi connectivity index (χ3n) is 2.60. The van der Waals surface area contributed by atoms with Crippen LogP contribution in [0.3, 0.4) is 0 Å². The number of amides is 2. The second kappa shape index (κ2) is 7.47. The minimum atomic E-state index is -0.758. The maximum atomic E-state index is 12.0. The van der Waals surface area contributed by atoms with Crippen LogP contribution in [-0.4, -0.2) is 35.6 Å². The molecule has 2 amide bonds. The average Bonchev–Trinajstić information content (AvgIpc) is 2.41. The number of halogens is 2. The third-order valence-corrected chi connectivity index (χ3v) is 3.42. The van der Waals surface area contributed by atoms with Crippen molar-refractivity contribution < 1.29 is 14.7 Å². The Hall–Kier alpha value is -1.30. The second-order valence-electron chi connectivity index (χ2n) is 4.39. The summed E-state index contributed by atoms with van der Waals surface area (Å²) in [6, 6.07) is 3.55. The van der Waals surface area contributed by atoms with E-state index in [0.29, 0.717) is 0 Å². The van der Waals surface area contributed by atoms with Gasteiger partial charge in [0, 0.05) is 6.04 Å². The summed E-state index contributed by atoms with van der Waals surface area (Å²) in [5.41, 5.74) is 0.203. The van der Waals surface area contributed by atoms with Gasteiger partial charge in [0.25, 0.3) is 5.91 Å². The number of carbonyl (C=O) groups is 2. The summed E-state index contributed by atoms with van der Waals surface area (Å²) in [4.78, 5) is 23.7. The number of aliphatic hydroxyl groups excluding tert-OH is 1. The van der Waals surface area contributed by atoms with E-state index >= 15 is 0 Å². The van der Waals surface area contributed by atoms with Gasteiger partial charge in [-0.05, 0) is 26.0 Å². The van der Waals surface area contributed by atoms with Crippen LogP contribution in [-0.2, 0) is 4.79 Å². The molecule has 1 aromatic rings. The fourth-order valence-electron chi connectivity index (χ4n) is 1.43. The van der Waals surface area contributed by atoms with Gasteiger partial charge < -0.3 is 15.7 Å². The minimum Gasteiger partial charge on any atom is -0.394 e. The molecule has 3 N–H and O–H groups in total. The molecule has 0 aliphatic rings. The van der Waals surface area contributed by atoms with E-state index in [4.69, 9.17) is 28.3 Å². The highest BCUT2D eigenvalue weighted by molar-refractivity contribution is 6.43. The Bertz CT molecular complexity index is 508. The van der Waals surface area contributed by atoms with Crippen molar-refractivity contribution in [1.82, 2.24) is 10.6 Å². The molecule has 0 aliphatic carbocycles. The Labute approximate surface area is 127 Å². The van der Waals surface area contributed by atoms with E-state index in [1.165, 1.54) is 13.0 Å². The van der Waals surface area contributed by atoms with Crippen molar-refractivity contribution >= 4 is 35.0 Å². The summed E-state index contributed by atoms with van der Waals surface area (Å²) in [7, 11) is 0. The lowest BCUT2D eigenvalue weighted by Gasteiger charge is -2.17. The number of aliphatic hydroxyl groups is 1. The average molecular weight is 319 g/mol. The van der Waals surface area contributed by atoms with Crippen molar-refractivity contribution in [3.63, 3.8) is 0 Å². The third kappa shape index (κ3) is 4.37. The van der Waals surface area contributed by atoms with Gasteiger partial charge in [-0.25, -0.2) is 0 Å². The van der Waals surface area contributed by atoms with Crippen LogP contribution in [0.4, 0.5) is 0 Å². The number of carbonyl (C=O) groups excluding carboxylic acids is 2. The monoisotopic (exact) mass is 318 g/mol. The molecule has 1 rings (SSSR count). The van der Waals surface area contributed by atoms with Crippen LogP contribution in [0.25, 0.3) is 0 Å². The predicted octanol–water partition coefficient (Wildman–Crippen LogP) is 1.61. The van der Waals surface area contributed by atoms with Gasteiger partial charge in [-0.2, -0.15) is 0 Å². The van der Waals surface area contributed by atoms with Gasteiger partial charge in [-0.1, -0.05) is 29.3 Å². The zero-order valence-corrected chi connectivity index (χ0v) is 12.6. The normalized spacial score (nSPS) is 13.4. The molecule has 0 aliphatic heterocycles. The Morgan fingerprint density at radius 3 is 2.50 bits per heavy atom. The molecule has 5 nitrogen and oxygen atoms in total. The van der Waals surface area contributed by atoms with Gasteiger partial charge in [0.15, 0.2) is 0 Å². The van der Waals surface area contributed by atoms with Crippen LogP contribution in [0.15, 0.2) is 18.2 Å². The molecule has 0 fully saturated rings. The zero-order valence-electron chi connectivity index (χ0n) is 11.1. The summed E-state index contributed by atoms with van der Waals surface area (Å²) < 4.78 is 0. The molecule has 2 unspecified atom stereocenters. The van der Waals surface area contributed by atoms with Crippen molar-refractivity contribution in [2.75, 3.05) is 6.61 Å². The number of rotatable bonds is 5. The van der Waals surface area contributed by atoms with Gasteiger partial charge in [-0.15, -0.1) is 0 Å². The number of hydrogen-bond donors (Lipinski definition) is 3. The van der Waals surface area contributed by atoms with E-state index in [2.05, 4.69) is 10.6 Å². The summed E-state index contributed by atoms with van der Waals surface area (Å²) >= 11 is 11.8. The summed E-state index contributed by atoms with van der Waals surface area (Å²) in [6.07, 6.45) is 0. The lowest BCUT2D eigenvalue weighted by Crippen LogP contribution is -2.48. The van der Waals surface area contributed by atoms with E-state index in [9.17, 15) is 9.59 Å². The molecule has 0 saturated heterocycles. The second-order valence-corrected chi connectivity index (χ2v) is 5.17. The molecule has 20 heavy (non-hydrogen) atoms. The fourth-order valence-corrected chi connectivity index (χ4v) is 1.82. The lowest BCUT2D eigenvalue weighted by molar-refractivity contribution is -0.123. The van der Waals surface area contributed by atoms with Gasteiger partial charge in [0.2, 0.25) is 5.91 Å². The first-order valence-corrected chi connectivity index (χ1v) is 6.78. The topological polar surface area (TPSA) is 78.4 Å². The summed E-state index contributed by atoms with van der Waals surface area (Å²) in [5, 5.41) is 14.3. The van der Waals surface area contributed by atoms with E-state index < -0.39 is 17.9 Å². The highest BCUT2D eigenvalue weighted by atomic mass is 35.5. The molecular weight excluding hydrogens is 303 g/mol. The van der Waals surface area contributed by atoms with Crippen LogP contribution in [0.2, 0.25) is 10.0 Å².